The molecule has 1 nitrogen and oxygen atoms in total. The minimum absolute atomic E-state index is 0.0381. The molecule has 7 unspecified atom stereocenters. The van der Waals surface area contributed by atoms with Crippen LogP contribution in [-0.4, -0.2) is 5.78 Å². The van der Waals surface area contributed by atoms with Crippen molar-refractivity contribution < 1.29 is 4.79 Å². The Bertz CT molecular complexity index is 464. The molecule has 1 heteroatoms. The van der Waals surface area contributed by atoms with Gasteiger partial charge in [-0.25, -0.2) is 0 Å². The first-order valence-corrected chi connectivity index (χ1v) is 9.36. The molecule has 0 aromatic carbocycles. The van der Waals surface area contributed by atoms with Crippen LogP contribution in [0.25, 0.3) is 0 Å². The van der Waals surface area contributed by atoms with Crippen molar-refractivity contribution in [2.45, 2.75) is 65.2 Å². The fourth-order valence-electron chi connectivity index (χ4n) is 6.69. The van der Waals surface area contributed by atoms with Crippen molar-refractivity contribution in [2.75, 3.05) is 0 Å². The monoisotopic (exact) mass is 286 g/mol. The molecular formula is C20H30O. The minimum atomic E-state index is 0.0381. The second-order valence-corrected chi connectivity index (χ2v) is 8.56. The summed E-state index contributed by atoms with van der Waals surface area (Å²) in [6, 6.07) is 0. The van der Waals surface area contributed by atoms with Gasteiger partial charge < -0.3 is 0 Å². The maximum atomic E-state index is 12.9. The van der Waals surface area contributed by atoms with E-state index in [0.717, 1.165) is 42.4 Å². The molecule has 4 bridgehead atoms. The SMILES string of the molecule is CCCCCCC(=O)C1(C)CC2CC1C1C3C=CC(C3)C21. The van der Waals surface area contributed by atoms with Crippen molar-refractivity contribution in [3.05, 3.63) is 12.2 Å². The summed E-state index contributed by atoms with van der Waals surface area (Å²) in [7, 11) is 0. The van der Waals surface area contributed by atoms with Gasteiger partial charge >= 0.3 is 0 Å². The van der Waals surface area contributed by atoms with E-state index >= 15 is 0 Å². The molecule has 0 saturated heterocycles. The molecule has 0 aromatic rings. The zero-order chi connectivity index (χ0) is 14.6. The van der Waals surface area contributed by atoms with Crippen LogP contribution in [0.5, 0.6) is 0 Å². The van der Waals surface area contributed by atoms with Crippen LogP contribution >= 0.6 is 0 Å². The molecule has 4 rings (SSSR count). The van der Waals surface area contributed by atoms with E-state index in [2.05, 4.69) is 26.0 Å². The van der Waals surface area contributed by atoms with E-state index < -0.39 is 0 Å². The maximum Gasteiger partial charge on any atom is 0.139 e. The lowest BCUT2D eigenvalue weighted by Gasteiger charge is -2.42. The number of carbonyl (C=O) groups excluding carboxylic acids is 1. The zero-order valence-corrected chi connectivity index (χ0v) is 13.7. The summed E-state index contributed by atoms with van der Waals surface area (Å²) in [5.41, 5.74) is 0.0381. The fraction of sp³-hybridized carbons (Fsp3) is 0.850. The van der Waals surface area contributed by atoms with Crippen LogP contribution in [0.2, 0.25) is 0 Å². The van der Waals surface area contributed by atoms with E-state index in [4.69, 9.17) is 0 Å². The van der Waals surface area contributed by atoms with Gasteiger partial charge in [-0.1, -0.05) is 45.3 Å². The first kappa shape index (κ1) is 14.0. The van der Waals surface area contributed by atoms with Crippen LogP contribution in [0.3, 0.4) is 0 Å². The zero-order valence-electron chi connectivity index (χ0n) is 13.7. The van der Waals surface area contributed by atoms with Gasteiger partial charge in [0.25, 0.3) is 0 Å². The average Bonchev–Trinajstić information content (AvgIpc) is 3.20. The molecule has 116 valence electrons. The Balaban J connectivity index is 1.45. The van der Waals surface area contributed by atoms with Crippen LogP contribution in [0.15, 0.2) is 12.2 Å². The molecule has 0 spiro atoms. The number of ketones is 1. The molecule has 0 amide bonds. The summed E-state index contributed by atoms with van der Waals surface area (Å²) in [4.78, 5) is 12.9. The number of unbranched alkanes of at least 4 members (excludes halogenated alkanes) is 3. The smallest absolute Gasteiger partial charge is 0.139 e. The Morgan fingerprint density at radius 1 is 1.10 bits per heavy atom. The number of carbonyl (C=O) groups is 1. The average molecular weight is 286 g/mol. The largest absolute Gasteiger partial charge is 0.299 e. The molecule has 3 saturated carbocycles. The summed E-state index contributed by atoms with van der Waals surface area (Å²) in [6.07, 6.45) is 14.7. The lowest BCUT2D eigenvalue weighted by Crippen LogP contribution is -2.42. The van der Waals surface area contributed by atoms with Gasteiger partial charge in [-0.3, -0.25) is 4.79 Å². The van der Waals surface area contributed by atoms with Crippen LogP contribution in [0, 0.1) is 40.9 Å². The van der Waals surface area contributed by atoms with Crippen molar-refractivity contribution in [1.82, 2.24) is 0 Å². The Labute approximate surface area is 129 Å². The van der Waals surface area contributed by atoms with Gasteiger partial charge in [0.2, 0.25) is 0 Å². The van der Waals surface area contributed by atoms with Crippen LogP contribution in [0.4, 0.5) is 0 Å². The summed E-state index contributed by atoms with van der Waals surface area (Å²) < 4.78 is 0. The number of allylic oxidation sites excluding steroid dienone is 2. The number of hydrogen-bond donors (Lipinski definition) is 0. The van der Waals surface area contributed by atoms with Crippen molar-refractivity contribution in [1.29, 1.82) is 0 Å². The quantitative estimate of drug-likeness (QED) is 0.381. The Morgan fingerprint density at radius 3 is 2.62 bits per heavy atom. The van der Waals surface area contributed by atoms with Gasteiger partial charge in [0.15, 0.2) is 0 Å². The Kier molecular flexibility index (Phi) is 3.32. The van der Waals surface area contributed by atoms with E-state index in [-0.39, 0.29) is 5.41 Å². The second-order valence-electron chi connectivity index (χ2n) is 8.56. The number of rotatable bonds is 6. The van der Waals surface area contributed by atoms with Crippen molar-refractivity contribution in [3.63, 3.8) is 0 Å². The molecular weight excluding hydrogens is 256 g/mol. The second kappa shape index (κ2) is 4.96. The standard InChI is InChI=1S/C20H30O/c1-3-4-5-6-7-17(21)20(2)12-15-11-16(20)19-14-9-8-13(10-14)18(15)19/h8-9,13-16,18-19H,3-7,10-12H2,1-2H3. The first-order chi connectivity index (χ1) is 10.1. The van der Waals surface area contributed by atoms with Crippen molar-refractivity contribution >= 4 is 5.78 Å². The van der Waals surface area contributed by atoms with Crippen LogP contribution in [0.1, 0.15) is 65.2 Å². The highest BCUT2D eigenvalue weighted by molar-refractivity contribution is 5.85. The Hall–Kier alpha value is -0.590. The number of fused-ring (bicyclic) bond motifs is 9. The van der Waals surface area contributed by atoms with Gasteiger partial charge in [0, 0.05) is 11.8 Å². The molecule has 3 fully saturated rings. The number of hydrogen-bond acceptors (Lipinski definition) is 1. The highest BCUT2D eigenvalue weighted by atomic mass is 16.1. The molecule has 0 radical (unpaired) electrons. The van der Waals surface area contributed by atoms with E-state index in [1.165, 1.54) is 38.5 Å². The third-order valence-electron chi connectivity index (χ3n) is 7.55. The summed E-state index contributed by atoms with van der Waals surface area (Å²) in [6.45, 7) is 4.56. The topological polar surface area (TPSA) is 17.1 Å². The molecule has 7 atom stereocenters. The van der Waals surface area contributed by atoms with Crippen molar-refractivity contribution in [2.24, 2.45) is 40.9 Å². The first-order valence-electron chi connectivity index (χ1n) is 9.36. The normalized spacial score (nSPS) is 49.0. The van der Waals surface area contributed by atoms with Crippen molar-refractivity contribution in [3.8, 4) is 0 Å². The molecule has 4 aliphatic rings. The Morgan fingerprint density at radius 2 is 1.86 bits per heavy atom. The molecule has 0 N–H and O–H groups in total. The van der Waals surface area contributed by atoms with E-state index in [0.29, 0.717) is 11.7 Å². The van der Waals surface area contributed by atoms with Gasteiger partial charge in [-0.15, -0.1) is 0 Å². The van der Waals surface area contributed by atoms with Crippen LogP contribution in [-0.2, 0) is 4.79 Å². The molecule has 0 aliphatic heterocycles. The number of Topliss-reactive ketones (excluding diaryl/α,β-unsaturated/α-hetero) is 1. The fourth-order valence-corrected chi connectivity index (χ4v) is 6.69. The third-order valence-corrected chi connectivity index (χ3v) is 7.55. The van der Waals surface area contributed by atoms with Crippen LogP contribution < -0.4 is 0 Å². The molecule has 0 heterocycles. The van der Waals surface area contributed by atoms with E-state index in [1.807, 2.05) is 0 Å². The van der Waals surface area contributed by atoms with Gasteiger partial charge in [0.1, 0.15) is 5.78 Å². The predicted octanol–water partition coefficient (Wildman–Crippen LogP) is 5.01. The molecule has 21 heavy (non-hydrogen) atoms. The maximum absolute atomic E-state index is 12.9. The predicted molar refractivity (Wildman–Crippen MR) is 85.8 cm³/mol. The highest BCUT2D eigenvalue weighted by Crippen LogP contribution is 2.70. The van der Waals surface area contributed by atoms with E-state index in [1.54, 1.807) is 0 Å². The summed E-state index contributed by atoms with van der Waals surface area (Å²) >= 11 is 0. The minimum Gasteiger partial charge on any atom is -0.299 e. The van der Waals surface area contributed by atoms with Gasteiger partial charge in [0.05, 0.1) is 0 Å². The molecule has 4 aliphatic carbocycles. The van der Waals surface area contributed by atoms with Gasteiger partial charge in [-0.05, 0) is 61.2 Å². The highest BCUT2D eigenvalue weighted by Gasteiger charge is 2.65. The summed E-state index contributed by atoms with van der Waals surface area (Å²) in [5.74, 6) is 5.70. The lowest BCUT2D eigenvalue weighted by molar-refractivity contribution is -0.133. The third kappa shape index (κ3) is 1.92. The lowest BCUT2D eigenvalue weighted by atomic mass is 9.61. The van der Waals surface area contributed by atoms with Gasteiger partial charge in [-0.2, -0.15) is 0 Å². The van der Waals surface area contributed by atoms with E-state index in [9.17, 15) is 4.79 Å². The molecule has 0 aromatic heterocycles. The summed E-state index contributed by atoms with van der Waals surface area (Å²) in [5, 5.41) is 0.